The van der Waals surface area contributed by atoms with Gasteiger partial charge in [0.15, 0.2) is 11.6 Å². The monoisotopic (exact) mass is 523 g/mol. The molecule has 1 aliphatic heterocycles. The van der Waals surface area contributed by atoms with Crippen LogP contribution in [0, 0.1) is 23.5 Å². The maximum Gasteiger partial charge on any atom is 0.410 e. The van der Waals surface area contributed by atoms with Gasteiger partial charge in [-0.05, 0) is 74.5 Å². The number of hydrogen-bond donors (Lipinski definition) is 2. The molecule has 208 valence electrons. The average molecular weight is 524 g/mol. The van der Waals surface area contributed by atoms with Gasteiger partial charge in [0, 0.05) is 38.3 Å². The maximum absolute atomic E-state index is 13.5. The second-order valence-corrected chi connectivity index (χ2v) is 11.1. The van der Waals surface area contributed by atoms with Gasteiger partial charge in [0.05, 0.1) is 0 Å². The summed E-state index contributed by atoms with van der Waals surface area (Å²) < 4.78 is 32.0. The molecule has 1 aliphatic carbocycles. The average Bonchev–Trinajstić information content (AvgIpc) is 3.29. The first kappa shape index (κ1) is 29.3. The molecule has 3 unspecified atom stereocenters. The molecule has 2 N–H and O–H groups in total. The number of amides is 1. The molecule has 1 aromatic carbocycles. The largest absolute Gasteiger partial charge is 0.480 e. The predicted molar refractivity (Wildman–Crippen MR) is 138 cm³/mol. The Bertz CT molecular complexity index is 892. The summed E-state index contributed by atoms with van der Waals surface area (Å²) in [5.74, 6) is -1.75. The Morgan fingerprint density at radius 1 is 1.16 bits per heavy atom. The molecule has 7 nitrogen and oxygen atoms in total. The number of nitrogens with one attached hydrogen (secondary N) is 1. The number of likely N-dealkylation sites (tertiary alicyclic amines) is 1. The first-order chi connectivity index (χ1) is 17.7. The fourth-order valence-electron chi connectivity index (χ4n) is 5.69. The lowest BCUT2D eigenvalue weighted by atomic mass is 10.00. The minimum Gasteiger partial charge on any atom is -0.480 e. The fraction of sp³-hybridized carbons (Fsp3) is 0.714. The van der Waals surface area contributed by atoms with E-state index in [1.54, 1.807) is 4.90 Å². The van der Waals surface area contributed by atoms with E-state index in [1.165, 1.54) is 6.07 Å². The van der Waals surface area contributed by atoms with Crippen LogP contribution in [-0.2, 0) is 16.1 Å². The van der Waals surface area contributed by atoms with E-state index in [9.17, 15) is 23.5 Å². The van der Waals surface area contributed by atoms with E-state index < -0.39 is 29.7 Å². The predicted octanol–water partition coefficient (Wildman–Crippen LogP) is 5.04. The summed E-state index contributed by atoms with van der Waals surface area (Å²) in [6.45, 7) is 9.43. The number of rotatable bonds is 12. The zero-order valence-corrected chi connectivity index (χ0v) is 22.4. The Balaban J connectivity index is 1.43. The molecule has 0 spiro atoms. The number of carboxylic acid groups (broad SMARTS) is 1. The van der Waals surface area contributed by atoms with Crippen LogP contribution in [0.25, 0.3) is 0 Å². The summed E-state index contributed by atoms with van der Waals surface area (Å²) in [4.78, 5) is 28.7. The third kappa shape index (κ3) is 8.92. The van der Waals surface area contributed by atoms with Crippen LogP contribution in [0.15, 0.2) is 18.2 Å². The molecule has 3 atom stereocenters. The topological polar surface area (TPSA) is 82.1 Å². The lowest BCUT2D eigenvalue weighted by Crippen LogP contribution is -2.48. The van der Waals surface area contributed by atoms with Crippen molar-refractivity contribution in [2.75, 3.05) is 26.2 Å². The normalized spacial score (nSPS) is 21.8. The number of carbonyl (C=O) groups is 2. The minimum atomic E-state index is -0.951. The van der Waals surface area contributed by atoms with Crippen LogP contribution in [-0.4, -0.2) is 71.3 Å². The number of halogens is 2. The highest BCUT2D eigenvalue weighted by Gasteiger charge is 2.33. The summed E-state index contributed by atoms with van der Waals surface area (Å²) in [5, 5.41) is 12.9. The number of ether oxygens (including phenoxy) is 1. The third-order valence-electron chi connectivity index (χ3n) is 7.54. The van der Waals surface area contributed by atoms with E-state index in [1.807, 2.05) is 20.8 Å². The number of piperidine rings is 1. The molecular weight excluding hydrogens is 480 g/mol. The van der Waals surface area contributed by atoms with Crippen molar-refractivity contribution in [1.82, 2.24) is 15.1 Å². The summed E-state index contributed by atoms with van der Waals surface area (Å²) in [7, 11) is 0. The Labute approximate surface area is 219 Å². The third-order valence-corrected chi connectivity index (χ3v) is 7.54. The fourth-order valence-corrected chi connectivity index (χ4v) is 5.69. The summed E-state index contributed by atoms with van der Waals surface area (Å²) in [6, 6.07) is 3.39. The lowest BCUT2D eigenvalue weighted by molar-refractivity contribution is -0.140. The van der Waals surface area contributed by atoms with Gasteiger partial charge >= 0.3 is 12.1 Å². The van der Waals surface area contributed by atoms with E-state index >= 15 is 0 Å². The van der Waals surface area contributed by atoms with E-state index in [0.717, 1.165) is 70.3 Å². The molecule has 1 saturated carbocycles. The van der Waals surface area contributed by atoms with Crippen molar-refractivity contribution in [2.24, 2.45) is 11.8 Å². The Morgan fingerprint density at radius 2 is 1.89 bits per heavy atom. The smallest absolute Gasteiger partial charge is 0.410 e. The molecule has 0 bridgehead atoms. The van der Waals surface area contributed by atoms with Crippen LogP contribution in [0.2, 0.25) is 0 Å². The number of carbonyl (C=O) groups excluding carboxylic acids is 1. The molecule has 3 rings (SSSR count). The van der Waals surface area contributed by atoms with Gasteiger partial charge in [-0.15, -0.1) is 0 Å². The summed E-state index contributed by atoms with van der Waals surface area (Å²) >= 11 is 0. The van der Waals surface area contributed by atoms with E-state index in [2.05, 4.69) is 10.2 Å². The van der Waals surface area contributed by atoms with Crippen LogP contribution >= 0.6 is 0 Å². The molecule has 1 aromatic rings. The van der Waals surface area contributed by atoms with Crippen LogP contribution < -0.4 is 5.32 Å². The number of hydrogen-bond acceptors (Lipinski definition) is 5. The number of aliphatic carboxylic acids is 1. The Kier molecular flexibility index (Phi) is 11.1. The lowest BCUT2D eigenvalue weighted by Gasteiger charge is -2.38. The summed E-state index contributed by atoms with van der Waals surface area (Å²) in [5.41, 5.74) is 0.418. The highest BCUT2D eigenvalue weighted by molar-refractivity contribution is 5.73. The molecule has 1 amide bonds. The molecule has 1 heterocycles. The number of benzene rings is 1. The summed E-state index contributed by atoms with van der Waals surface area (Å²) in [6.07, 6.45) is 5.88. The molecule has 2 fully saturated rings. The van der Waals surface area contributed by atoms with Gasteiger partial charge in [-0.1, -0.05) is 26.8 Å². The van der Waals surface area contributed by atoms with Gasteiger partial charge in [-0.2, -0.15) is 0 Å². The molecular formula is C28H43F2N3O4. The van der Waals surface area contributed by atoms with Crippen molar-refractivity contribution in [1.29, 1.82) is 0 Å². The van der Waals surface area contributed by atoms with Crippen LogP contribution in [0.4, 0.5) is 13.6 Å². The van der Waals surface area contributed by atoms with Gasteiger partial charge in [-0.25, -0.2) is 13.6 Å². The van der Waals surface area contributed by atoms with Crippen molar-refractivity contribution in [3.63, 3.8) is 0 Å². The van der Waals surface area contributed by atoms with Crippen LogP contribution in [0.1, 0.15) is 71.3 Å². The van der Waals surface area contributed by atoms with Crippen LogP contribution in [0.3, 0.4) is 0 Å². The zero-order valence-electron chi connectivity index (χ0n) is 22.4. The number of carboxylic acids is 1. The van der Waals surface area contributed by atoms with Crippen molar-refractivity contribution in [3.05, 3.63) is 35.4 Å². The first-order valence-electron chi connectivity index (χ1n) is 13.7. The van der Waals surface area contributed by atoms with E-state index in [4.69, 9.17) is 4.74 Å². The minimum absolute atomic E-state index is 0.0914. The molecule has 0 aromatic heterocycles. The molecule has 0 radical (unpaired) electrons. The number of nitrogens with zero attached hydrogens (tertiary/aromatic N) is 2. The standard InChI is InChI=1S/C28H43F2N3O4/c1-4-11-33(28(36)37-18-21-6-8-24(29)25(30)16-21)23-9-12-32(13-10-23)17-20-5-7-22(15-20)31-26(27(34)35)14-19(2)3/h6,8,16,19-20,22-23,26,31H,4-5,7,9-15,17-18H2,1-3H3,(H,34,35). The first-order valence-corrected chi connectivity index (χ1v) is 13.7. The van der Waals surface area contributed by atoms with Crippen molar-refractivity contribution in [3.8, 4) is 0 Å². The van der Waals surface area contributed by atoms with Crippen LogP contribution in [0.5, 0.6) is 0 Å². The van der Waals surface area contributed by atoms with Crippen molar-refractivity contribution >= 4 is 12.1 Å². The second-order valence-electron chi connectivity index (χ2n) is 11.1. The van der Waals surface area contributed by atoms with E-state index in [-0.39, 0.29) is 18.7 Å². The Hall–Kier alpha value is -2.26. The molecule has 1 saturated heterocycles. The maximum atomic E-state index is 13.5. The van der Waals surface area contributed by atoms with Crippen molar-refractivity contribution < 1.29 is 28.2 Å². The Morgan fingerprint density at radius 3 is 2.51 bits per heavy atom. The molecule has 37 heavy (non-hydrogen) atoms. The second kappa shape index (κ2) is 14.0. The molecule has 2 aliphatic rings. The van der Waals surface area contributed by atoms with E-state index in [0.29, 0.717) is 30.4 Å². The van der Waals surface area contributed by atoms with Crippen molar-refractivity contribution in [2.45, 2.75) is 90.4 Å². The zero-order chi connectivity index (χ0) is 26.9. The van der Waals surface area contributed by atoms with Gasteiger partial charge in [0.2, 0.25) is 0 Å². The van der Waals surface area contributed by atoms with Gasteiger partial charge < -0.3 is 25.0 Å². The highest BCUT2D eigenvalue weighted by Crippen LogP contribution is 2.29. The van der Waals surface area contributed by atoms with Gasteiger partial charge in [0.1, 0.15) is 12.6 Å². The SMILES string of the molecule is CCCN(C(=O)OCc1ccc(F)c(F)c1)C1CCN(CC2CCC(NC(CC(C)C)C(=O)O)C2)CC1. The molecule has 9 heteroatoms. The van der Waals surface area contributed by atoms with Gasteiger partial charge in [0.25, 0.3) is 0 Å². The quantitative estimate of drug-likeness (QED) is 0.400. The highest BCUT2D eigenvalue weighted by atomic mass is 19.2. The van der Waals surface area contributed by atoms with Gasteiger partial charge in [-0.3, -0.25) is 4.79 Å².